The molecule has 2 aromatic rings. The molecular weight excluding hydrogens is 276 g/mol. The van der Waals surface area contributed by atoms with E-state index in [0.29, 0.717) is 5.92 Å². The summed E-state index contributed by atoms with van der Waals surface area (Å²) in [5.74, 6) is 0.536. The number of nitrogens with zero attached hydrogens (tertiary/aromatic N) is 3. The lowest BCUT2D eigenvalue weighted by atomic mass is 10.1. The molecule has 0 radical (unpaired) electrons. The number of anilines is 1. The molecule has 0 bridgehead atoms. The summed E-state index contributed by atoms with van der Waals surface area (Å²) < 4.78 is 1.84. The highest BCUT2D eigenvalue weighted by atomic mass is 16.1. The minimum atomic E-state index is 0.536. The van der Waals surface area contributed by atoms with Crippen LogP contribution >= 0.6 is 0 Å². The molecule has 1 unspecified atom stereocenters. The Bertz CT molecular complexity index is 664. The number of hydrogen-bond donors (Lipinski definition) is 1. The number of carbonyl (C=O) groups excluding carboxylic acids is 1. The zero-order valence-corrected chi connectivity index (χ0v) is 13.1. The number of hydrogen-bond acceptors (Lipinski definition) is 3. The zero-order valence-electron chi connectivity index (χ0n) is 13.1. The van der Waals surface area contributed by atoms with E-state index in [1.54, 1.807) is 0 Å². The normalized spacial score (nSPS) is 17.7. The van der Waals surface area contributed by atoms with Gasteiger partial charge in [0.1, 0.15) is 0 Å². The zero-order chi connectivity index (χ0) is 15.5. The Labute approximate surface area is 130 Å². The van der Waals surface area contributed by atoms with Crippen molar-refractivity contribution in [2.45, 2.75) is 13.3 Å². The van der Waals surface area contributed by atoms with Crippen LogP contribution < -0.4 is 5.32 Å². The first-order chi connectivity index (χ1) is 10.7. The first-order valence-corrected chi connectivity index (χ1v) is 7.69. The molecule has 5 nitrogen and oxygen atoms in total. The number of carbonyl (C=O) groups is 1. The van der Waals surface area contributed by atoms with Crippen molar-refractivity contribution in [1.82, 2.24) is 14.7 Å². The Morgan fingerprint density at radius 1 is 1.45 bits per heavy atom. The van der Waals surface area contributed by atoms with Gasteiger partial charge >= 0.3 is 0 Å². The molecule has 1 atom stereocenters. The monoisotopic (exact) mass is 298 g/mol. The number of aromatic nitrogens is 2. The van der Waals surface area contributed by atoms with Crippen LogP contribution in [0, 0.1) is 12.8 Å². The van der Waals surface area contributed by atoms with Crippen LogP contribution in [0.3, 0.4) is 0 Å². The highest BCUT2D eigenvalue weighted by molar-refractivity contribution is 5.69. The molecule has 1 amide bonds. The number of benzene rings is 1. The van der Waals surface area contributed by atoms with Crippen LogP contribution in [0.5, 0.6) is 0 Å². The molecule has 5 heteroatoms. The van der Waals surface area contributed by atoms with Gasteiger partial charge in [-0.25, -0.2) is 0 Å². The van der Waals surface area contributed by atoms with E-state index in [1.807, 2.05) is 29.7 Å². The third kappa shape index (κ3) is 3.13. The van der Waals surface area contributed by atoms with Gasteiger partial charge in [-0.15, -0.1) is 0 Å². The standard InChI is InChI=1S/C17H22N4O/c1-13-17(11-20(2)19-13)15-4-3-5-16(8-15)18-9-14-6-7-21(10-14)12-22/h3-5,8,11-12,14,18H,6-7,9-10H2,1-2H3. The molecule has 1 N–H and O–H groups in total. The summed E-state index contributed by atoms with van der Waals surface area (Å²) in [4.78, 5) is 12.6. The van der Waals surface area contributed by atoms with Crippen molar-refractivity contribution < 1.29 is 4.79 Å². The van der Waals surface area contributed by atoms with Crippen LogP contribution in [-0.2, 0) is 11.8 Å². The van der Waals surface area contributed by atoms with Crippen LogP contribution in [0.15, 0.2) is 30.5 Å². The van der Waals surface area contributed by atoms with Gasteiger partial charge in [0.15, 0.2) is 0 Å². The maximum atomic E-state index is 10.8. The molecule has 1 aromatic heterocycles. The van der Waals surface area contributed by atoms with Crippen LogP contribution in [0.4, 0.5) is 5.69 Å². The number of amides is 1. The fourth-order valence-electron chi connectivity index (χ4n) is 3.07. The van der Waals surface area contributed by atoms with Gasteiger partial charge in [0, 0.05) is 44.1 Å². The maximum absolute atomic E-state index is 10.8. The molecule has 0 spiro atoms. The van der Waals surface area contributed by atoms with Crippen molar-refractivity contribution in [3.05, 3.63) is 36.2 Å². The number of rotatable bonds is 5. The summed E-state index contributed by atoms with van der Waals surface area (Å²) in [5, 5.41) is 7.90. The van der Waals surface area contributed by atoms with Gasteiger partial charge in [-0.05, 0) is 37.0 Å². The van der Waals surface area contributed by atoms with Gasteiger partial charge in [0.05, 0.1) is 5.69 Å². The van der Waals surface area contributed by atoms with E-state index in [1.165, 1.54) is 11.1 Å². The van der Waals surface area contributed by atoms with Gasteiger partial charge in [-0.2, -0.15) is 5.10 Å². The van der Waals surface area contributed by atoms with Crippen molar-refractivity contribution in [3.63, 3.8) is 0 Å². The summed E-state index contributed by atoms with van der Waals surface area (Å²) in [6.45, 7) is 4.67. The quantitative estimate of drug-likeness (QED) is 0.862. The van der Waals surface area contributed by atoms with E-state index in [0.717, 1.165) is 43.8 Å². The van der Waals surface area contributed by atoms with E-state index >= 15 is 0 Å². The fraction of sp³-hybridized carbons (Fsp3) is 0.412. The molecule has 0 saturated carbocycles. The highest BCUT2D eigenvalue weighted by Crippen LogP contribution is 2.25. The Hall–Kier alpha value is -2.30. The Morgan fingerprint density at radius 2 is 2.32 bits per heavy atom. The molecule has 3 rings (SSSR count). The molecule has 1 saturated heterocycles. The molecule has 2 heterocycles. The van der Waals surface area contributed by atoms with Gasteiger partial charge in [-0.3, -0.25) is 9.48 Å². The number of aryl methyl sites for hydroxylation is 2. The SMILES string of the molecule is Cc1nn(C)cc1-c1cccc(NCC2CCN(C=O)C2)c1. The smallest absolute Gasteiger partial charge is 0.209 e. The average molecular weight is 298 g/mol. The topological polar surface area (TPSA) is 50.2 Å². The van der Waals surface area contributed by atoms with Gasteiger partial charge < -0.3 is 10.2 Å². The van der Waals surface area contributed by atoms with Crippen molar-refractivity contribution in [1.29, 1.82) is 0 Å². The third-order valence-electron chi connectivity index (χ3n) is 4.25. The molecule has 1 aliphatic heterocycles. The predicted molar refractivity (Wildman–Crippen MR) is 87.6 cm³/mol. The first-order valence-electron chi connectivity index (χ1n) is 7.69. The predicted octanol–water partition coefficient (Wildman–Crippen LogP) is 2.29. The van der Waals surface area contributed by atoms with Crippen LogP contribution in [-0.4, -0.2) is 40.7 Å². The molecule has 116 valence electrons. The lowest BCUT2D eigenvalue weighted by molar-refractivity contribution is -0.117. The third-order valence-corrected chi connectivity index (χ3v) is 4.25. The molecular formula is C17H22N4O. The Balaban J connectivity index is 1.67. The second-order valence-corrected chi connectivity index (χ2v) is 6.02. The molecule has 1 fully saturated rings. The number of nitrogens with one attached hydrogen (secondary N) is 1. The van der Waals surface area contributed by atoms with E-state index in [4.69, 9.17) is 0 Å². The minimum Gasteiger partial charge on any atom is -0.385 e. The van der Waals surface area contributed by atoms with E-state index < -0.39 is 0 Å². The van der Waals surface area contributed by atoms with Gasteiger partial charge in [0.25, 0.3) is 0 Å². The van der Waals surface area contributed by atoms with Crippen molar-refractivity contribution in [2.75, 3.05) is 25.0 Å². The Kier molecular flexibility index (Phi) is 4.13. The summed E-state index contributed by atoms with van der Waals surface area (Å²) in [6, 6.07) is 8.42. The van der Waals surface area contributed by atoms with Crippen LogP contribution in [0.2, 0.25) is 0 Å². The molecule has 0 aliphatic carbocycles. The lowest BCUT2D eigenvalue weighted by Gasteiger charge is -2.13. The Morgan fingerprint density at radius 3 is 3.00 bits per heavy atom. The van der Waals surface area contributed by atoms with E-state index in [-0.39, 0.29) is 0 Å². The fourth-order valence-corrected chi connectivity index (χ4v) is 3.07. The second-order valence-electron chi connectivity index (χ2n) is 6.02. The minimum absolute atomic E-state index is 0.536. The summed E-state index contributed by atoms with van der Waals surface area (Å²) >= 11 is 0. The average Bonchev–Trinajstić information content (AvgIpc) is 3.11. The first kappa shape index (κ1) is 14.6. The van der Waals surface area contributed by atoms with Crippen molar-refractivity contribution >= 4 is 12.1 Å². The summed E-state index contributed by atoms with van der Waals surface area (Å²) in [7, 11) is 1.94. The van der Waals surface area contributed by atoms with E-state index in [9.17, 15) is 4.79 Å². The largest absolute Gasteiger partial charge is 0.385 e. The molecule has 22 heavy (non-hydrogen) atoms. The van der Waals surface area contributed by atoms with Crippen LogP contribution in [0.25, 0.3) is 11.1 Å². The van der Waals surface area contributed by atoms with Gasteiger partial charge in [0.2, 0.25) is 6.41 Å². The second kappa shape index (κ2) is 6.22. The highest BCUT2D eigenvalue weighted by Gasteiger charge is 2.20. The number of likely N-dealkylation sites (tertiary alicyclic amines) is 1. The van der Waals surface area contributed by atoms with E-state index in [2.05, 4.69) is 34.7 Å². The van der Waals surface area contributed by atoms with Crippen molar-refractivity contribution in [3.8, 4) is 11.1 Å². The molecule has 1 aromatic carbocycles. The van der Waals surface area contributed by atoms with Crippen molar-refractivity contribution in [2.24, 2.45) is 13.0 Å². The summed E-state index contributed by atoms with van der Waals surface area (Å²) in [5.41, 5.74) is 4.50. The lowest BCUT2D eigenvalue weighted by Crippen LogP contribution is -2.21. The maximum Gasteiger partial charge on any atom is 0.209 e. The van der Waals surface area contributed by atoms with Gasteiger partial charge in [-0.1, -0.05) is 12.1 Å². The van der Waals surface area contributed by atoms with Crippen LogP contribution in [0.1, 0.15) is 12.1 Å². The summed E-state index contributed by atoms with van der Waals surface area (Å²) in [6.07, 6.45) is 4.08. The molecule has 1 aliphatic rings.